The van der Waals surface area contributed by atoms with Crippen molar-refractivity contribution in [1.82, 2.24) is 19.1 Å². The molecule has 4 nitrogen and oxygen atoms in total. The van der Waals surface area contributed by atoms with Gasteiger partial charge in [0, 0.05) is 60.5 Å². The first-order valence-electron chi connectivity index (χ1n) is 31.0. The van der Waals surface area contributed by atoms with Crippen LogP contribution in [0.15, 0.2) is 164 Å². The molecule has 5 heterocycles. The lowest BCUT2D eigenvalue weighted by atomic mass is 9.34. The molecule has 2 aliphatic heterocycles. The van der Waals surface area contributed by atoms with Crippen LogP contribution in [0.2, 0.25) is 0 Å². The van der Waals surface area contributed by atoms with Gasteiger partial charge in [-0.2, -0.15) is 0 Å². The van der Waals surface area contributed by atoms with Gasteiger partial charge in [-0.25, -0.2) is 9.97 Å². The Balaban J connectivity index is 1.22. The largest absolute Gasteiger partial charge is 0.310 e. The van der Waals surface area contributed by atoms with Gasteiger partial charge in [0.1, 0.15) is 0 Å². The summed E-state index contributed by atoms with van der Waals surface area (Å²) in [5.41, 5.74) is 27.7. The van der Waals surface area contributed by atoms with Gasteiger partial charge in [-0.3, -0.25) is 0 Å². The van der Waals surface area contributed by atoms with Crippen molar-refractivity contribution in [2.75, 3.05) is 0 Å². The van der Waals surface area contributed by atoms with Gasteiger partial charge in [0.05, 0.1) is 22.2 Å². The Morgan fingerprint density at radius 3 is 1.18 bits per heavy atom. The zero-order valence-corrected chi connectivity index (χ0v) is 53.5. The third kappa shape index (κ3) is 8.67. The number of rotatable bonds is 4. The summed E-state index contributed by atoms with van der Waals surface area (Å²) in [7, 11) is 0. The van der Waals surface area contributed by atoms with Crippen molar-refractivity contribution >= 4 is 77.6 Å². The fraction of sp³-hybridized carbons (Fsp3) is 0.300. The minimum atomic E-state index is -0.178. The molecule has 0 aliphatic carbocycles. The van der Waals surface area contributed by atoms with Gasteiger partial charge < -0.3 is 9.13 Å². The highest BCUT2D eigenvalue weighted by Gasteiger charge is 2.44. The molecule has 5 heteroatoms. The van der Waals surface area contributed by atoms with Gasteiger partial charge >= 0.3 is 0 Å². The maximum atomic E-state index is 5.68. The van der Waals surface area contributed by atoms with Crippen LogP contribution < -0.4 is 16.4 Å². The second-order valence-electron chi connectivity index (χ2n) is 31.2. The number of hydrogen-bond donors (Lipinski definition) is 0. The van der Waals surface area contributed by atoms with Crippen LogP contribution in [0, 0.1) is 0 Å². The molecule has 0 unspecified atom stereocenters. The summed E-state index contributed by atoms with van der Waals surface area (Å²) in [4.78, 5) is 11.2. The first kappa shape index (κ1) is 54.9. The van der Waals surface area contributed by atoms with Crippen molar-refractivity contribution in [2.24, 2.45) is 0 Å². The van der Waals surface area contributed by atoms with Crippen molar-refractivity contribution in [3.05, 3.63) is 197 Å². The van der Waals surface area contributed by atoms with E-state index in [1.807, 2.05) is 0 Å². The summed E-state index contributed by atoms with van der Waals surface area (Å²) in [5.74, 6) is 0.713. The van der Waals surface area contributed by atoms with Gasteiger partial charge in [0.2, 0.25) is 0 Å². The predicted molar refractivity (Wildman–Crippen MR) is 367 cm³/mol. The summed E-state index contributed by atoms with van der Waals surface area (Å²) in [5, 5.41) is 6.27. The van der Waals surface area contributed by atoms with E-state index in [0.717, 1.165) is 27.7 Å². The molecular weight excluding hydrogens is 1030 g/mol. The minimum absolute atomic E-state index is 0.0265. The quantitative estimate of drug-likeness (QED) is 0.165. The highest BCUT2D eigenvalue weighted by Crippen LogP contribution is 2.49. The SMILES string of the molecule is CC(C)(C)c1ccc(-c2cc3c4c(c2)c2c(C(C)(C)C)cc(C(C)(C)C)cc2n4-c2cc(-c4nc(-c5ccccc5)c5ccccc5n4)cc4c2B3c2cc(-c3ccc(C(C)(C)C)cc3)cc3c5c(C(C)(C)C)cc(C(C)(C)C)cc5n-4c23)cc1. The number of aromatic nitrogens is 4. The van der Waals surface area contributed by atoms with E-state index in [1.165, 1.54) is 127 Å². The molecule has 2 aliphatic rings. The van der Waals surface area contributed by atoms with Crippen molar-refractivity contribution in [2.45, 2.75) is 157 Å². The van der Waals surface area contributed by atoms with Gasteiger partial charge in [-0.15, -0.1) is 0 Å². The molecule has 0 fully saturated rings. The van der Waals surface area contributed by atoms with E-state index in [9.17, 15) is 0 Å². The van der Waals surface area contributed by atoms with Crippen LogP contribution in [-0.2, 0) is 32.5 Å². The Labute approximate surface area is 504 Å². The van der Waals surface area contributed by atoms with Gasteiger partial charge in [-0.1, -0.05) is 246 Å². The first-order chi connectivity index (χ1) is 39.9. The van der Waals surface area contributed by atoms with Crippen LogP contribution in [0.5, 0.6) is 0 Å². The average Bonchev–Trinajstić information content (AvgIpc) is 2.04. The zero-order chi connectivity index (χ0) is 60.0. The van der Waals surface area contributed by atoms with Gasteiger partial charge in [0.25, 0.3) is 6.71 Å². The van der Waals surface area contributed by atoms with Crippen molar-refractivity contribution < 1.29 is 0 Å². The maximum Gasteiger partial charge on any atom is 0.252 e. The standard InChI is InChI=1S/C80H81BN4/c1-75(2,3)52-32-28-46(29-33-52)49-36-57-68-59(79(13,14)15)42-54(77(7,8)9)44-64(68)84-66-40-51(74-82-63-27-23-22-26-56(63)71(83-74)48-24-20-19-21-25-48)41-67-70(66)81(61(38-49)72(57)84)62-39-50(47-30-34-53(35-31-47)76(4,5)6)37-58-69-60(80(16,17)18)43-55(78(10,11)12)45-65(69)85(67)73(58)62/h19-45H,1-18H3. The molecule has 85 heavy (non-hydrogen) atoms. The molecule has 9 aromatic carbocycles. The molecule has 12 aromatic rings. The third-order valence-electron chi connectivity index (χ3n) is 18.9. The molecule has 14 rings (SSSR count). The van der Waals surface area contributed by atoms with Crippen LogP contribution in [0.1, 0.15) is 158 Å². The summed E-state index contributed by atoms with van der Waals surface area (Å²) < 4.78 is 5.39. The van der Waals surface area contributed by atoms with Crippen LogP contribution in [0.3, 0.4) is 0 Å². The van der Waals surface area contributed by atoms with E-state index in [2.05, 4.69) is 298 Å². The molecule has 0 saturated carbocycles. The zero-order valence-electron chi connectivity index (χ0n) is 53.5. The van der Waals surface area contributed by atoms with E-state index < -0.39 is 0 Å². The number of benzene rings is 9. The Morgan fingerprint density at radius 1 is 0.329 bits per heavy atom. The normalized spacial score (nSPS) is 13.7. The number of hydrogen-bond acceptors (Lipinski definition) is 2. The molecule has 424 valence electrons. The Kier molecular flexibility index (Phi) is 11.8. The summed E-state index contributed by atoms with van der Waals surface area (Å²) in [6, 6.07) is 63.4. The fourth-order valence-corrected chi connectivity index (χ4v) is 14.2. The highest BCUT2D eigenvalue weighted by molar-refractivity contribution is 7.00. The maximum absolute atomic E-state index is 5.68. The Morgan fingerprint density at radius 2 is 0.753 bits per heavy atom. The number of fused-ring (bicyclic) bond motifs is 11. The summed E-state index contributed by atoms with van der Waals surface area (Å²) in [6.07, 6.45) is 0. The van der Waals surface area contributed by atoms with Gasteiger partial charge in [0.15, 0.2) is 5.82 Å². The fourth-order valence-electron chi connectivity index (χ4n) is 14.2. The van der Waals surface area contributed by atoms with E-state index >= 15 is 0 Å². The number of nitrogens with zero attached hydrogens (tertiary/aromatic N) is 4. The Bertz CT molecular complexity index is 4530. The van der Waals surface area contributed by atoms with E-state index in [1.54, 1.807) is 0 Å². The predicted octanol–water partition coefficient (Wildman–Crippen LogP) is 19.4. The summed E-state index contributed by atoms with van der Waals surface area (Å²) >= 11 is 0. The van der Waals surface area contributed by atoms with E-state index in [0.29, 0.717) is 5.82 Å². The van der Waals surface area contributed by atoms with Crippen molar-refractivity contribution in [1.29, 1.82) is 0 Å². The van der Waals surface area contributed by atoms with E-state index in [4.69, 9.17) is 9.97 Å². The van der Waals surface area contributed by atoms with E-state index in [-0.39, 0.29) is 39.2 Å². The second-order valence-corrected chi connectivity index (χ2v) is 31.2. The highest BCUT2D eigenvalue weighted by atomic mass is 15.0. The molecular formula is C80H81BN4. The molecule has 0 atom stereocenters. The smallest absolute Gasteiger partial charge is 0.252 e. The molecule has 0 N–H and O–H groups in total. The average molecular weight is 1110 g/mol. The van der Waals surface area contributed by atoms with Crippen LogP contribution in [0.25, 0.3) is 111 Å². The molecule has 0 spiro atoms. The lowest BCUT2D eigenvalue weighted by Crippen LogP contribution is -2.59. The van der Waals surface area contributed by atoms with Crippen molar-refractivity contribution in [3.63, 3.8) is 0 Å². The summed E-state index contributed by atoms with van der Waals surface area (Å²) in [6.45, 7) is 42.4. The van der Waals surface area contributed by atoms with Crippen LogP contribution >= 0.6 is 0 Å². The molecule has 0 saturated heterocycles. The molecule has 0 amide bonds. The van der Waals surface area contributed by atoms with Gasteiger partial charge in [-0.05, 0) is 147 Å². The van der Waals surface area contributed by atoms with Crippen LogP contribution in [-0.4, -0.2) is 25.8 Å². The van der Waals surface area contributed by atoms with Crippen LogP contribution in [0.4, 0.5) is 0 Å². The topological polar surface area (TPSA) is 35.6 Å². The number of para-hydroxylation sites is 1. The lowest BCUT2D eigenvalue weighted by Gasteiger charge is -2.35. The van der Waals surface area contributed by atoms with Crippen molar-refractivity contribution in [3.8, 4) is 56.3 Å². The lowest BCUT2D eigenvalue weighted by molar-refractivity contribution is 0.572. The monoisotopic (exact) mass is 1110 g/mol. The molecule has 0 radical (unpaired) electrons. The molecule has 0 bridgehead atoms. The molecule has 3 aromatic heterocycles. The Hall–Kier alpha value is -8.02. The minimum Gasteiger partial charge on any atom is -0.310 e. The third-order valence-corrected chi connectivity index (χ3v) is 18.9. The second kappa shape index (κ2) is 18.3. The first-order valence-corrected chi connectivity index (χ1v) is 31.0.